The average molecular weight is 301 g/mol. The Bertz CT molecular complexity index is 407. The van der Waals surface area contributed by atoms with Crippen molar-refractivity contribution in [3.05, 3.63) is 35.4 Å². The van der Waals surface area contributed by atoms with Crippen LogP contribution in [0.2, 0.25) is 0 Å². The van der Waals surface area contributed by atoms with Gasteiger partial charge in [-0.15, -0.1) is 12.4 Å². The lowest BCUT2D eigenvalue weighted by Gasteiger charge is -2.21. The quantitative estimate of drug-likeness (QED) is 0.846. The Morgan fingerprint density at radius 2 is 1.85 bits per heavy atom. The third kappa shape index (κ3) is 5.49. The maximum Gasteiger partial charge on any atom is 0.241 e. The monoisotopic (exact) mass is 300 g/mol. The number of aryl methyl sites for hydroxylation is 1. The molecule has 0 fully saturated rings. The van der Waals surface area contributed by atoms with Gasteiger partial charge in [-0.1, -0.05) is 43.7 Å². The Morgan fingerprint density at radius 1 is 1.30 bits per heavy atom. The number of benzene rings is 1. The zero-order valence-electron chi connectivity index (χ0n) is 12.6. The number of amides is 1. The Morgan fingerprint density at radius 3 is 2.30 bits per heavy atom. The molecular weight excluding hydrogens is 276 g/mol. The molecule has 1 aromatic rings. The highest BCUT2D eigenvalue weighted by Crippen LogP contribution is 2.12. The molecule has 114 valence electrons. The second-order valence-corrected chi connectivity index (χ2v) is 5.15. The van der Waals surface area contributed by atoms with E-state index in [-0.39, 0.29) is 24.4 Å². The fraction of sp³-hybridized carbons (Fsp3) is 0.533. The summed E-state index contributed by atoms with van der Waals surface area (Å²) >= 11 is 0. The summed E-state index contributed by atoms with van der Waals surface area (Å²) < 4.78 is 5.31. The summed E-state index contributed by atoms with van der Waals surface area (Å²) in [6.07, 6.45) is 0.00849. The van der Waals surface area contributed by atoms with Gasteiger partial charge in [0.15, 0.2) is 0 Å². The van der Waals surface area contributed by atoms with Gasteiger partial charge in [0.05, 0.1) is 6.10 Å². The van der Waals surface area contributed by atoms with Crippen LogP contribution in [0.1, 0.15) is 31.0 Å². The van der Waals surface area contributed by atoms with Crippen LogP contribution >= 0.6 is 12.4 Å². The van der Waals surface area contributed by atoms with Crippen molar-refractivity contribution in [3.63, 3.8) is 0 Å². The number of carbonyl (C=O) groups excluding carboxylic acids is 1. The molecule has 0 saturated carbocycles. The van der Waals surface area contributed by atoms with Gasteiger partial charge in [-0.25, -0.2) is 0 Å². The van der Waals surface area contributed by atoms with E-state index >= 15 is 0 Å². The van der Waals surface area contributed by atoms with Crippen LogP contribution in [-0.4, -0.2) is 25.7 Å². The molecule has 4 nitrogen and oxygen atoms in total. The van der Waals surface area contributed by atoms with Crippen molar-refractivity contribution in [1.29, 1.82) is 0 Å². The minimum atomic E-state index is -0.634. The number of hydrogen-bond acceptors (Lipinski definition) is 3. The molecule has 0 spiro atoms. The van der Waals surface area contributed by atoms with Gasteiger partial charge in [-0.2, -0.15) is 0 Å². The average Bonchev–Trinajstić information content (AvgIpc) is 2.38. The first kappa shape index (κ1) is 18.9. The lowest BCUT2D eigenvalue weighted by molar-refractivity contribution is -0.123. The first-order valence-electron chi connectivity index (χ1n) is 6.58. The summed E-state index contributed by atoms with van der Waals surface area (Å²) in [6.45, 7) is 6.59. The Kier molecular flexibility index (Phi) is 8.46. The van der Waals surface area contributed by atoms with Gasteiger partial charge in [-0.05, 0) is 18.4 Å². The maximum absolute atomic E-state index is 12.0. The second kappa shape index (κ2) is 8.95. The van der Waals surface area contributed by atoms with Crippen molar-refractivity contribution in [3.8, 4) is 0 Å². The van der Waals surface area contributed by atoms with E-state index in [2.05, 4.69) is 19.2 Å². The molecule has 5 heteroatoms. The Hall–Kier alpha value is -1.10. The van der Waals surface area contributed by atoms with E-state index in [0.29, 0.717) is 12.5 Å². The molecular formula is C15H25ClN2O2. The number of carbonyl (C=O) groups is 1. The van der Waals surface area contributed by atoms with Crippen molar-refractivity contribution < 1.29 is 9.53 Å². The van der Waals surface area contributed by atoms with Crippen LogP contribution in [0, 0.1) is 12.8 Å². The van der Waals surface area contributed by atoms with Crippen LogP contribution in [0.4, 0.5) is 0 Å². The summed E-state index contributed by atoms with van der Waals surface area (Å²) in [5.41, 5.74) is 7.91. The molecule has 3 N–H and O–H groups in total. The third-order valence-electron chi connectivity index (χ3n) is 3.24. The third-order valence-corrected chi connectivity index (χ3v) is 3.24. The fourth-order valence-electron chi connectivity index (χ4n) is 1.83. The predicted octanol–water partition coefficient (Wildman–Crippen LogP) is 2.20. The molecule has 0 aromatic heterocycles. The number of nitrogens with one attached hydrogen (secondary N) is 1. The number of methoxy groups -OCH3 is 1. The minimum absolute atomic E-state index is 0. The molecule has 0 aliphatic carbocycles. The SMILES string of the molecule is COC(CNC(=O)C(N)c1ccc(C)cc1)C(C)C.Cl. The minimum Gasteiger partial charge on any atom is -0.379 e. The highest BCUT2D eigenvalue weighted by Gasteiger charge is 2.18. The van der Waals surface area contributed by atoms with E-state index in [0.717, 1.165) is 11.1 Å². The van der Waals surface area contributed by atoms with E-state index in [1.54, 1.807) is 7.11 Å². The van der Waals surface area contributed by atoms with Crippen LogP contribution in [0.3, 0.4) is 0 Å². The van der Waals surface area contributed by atoms with E-state index in [1.807, 2.05) is 31.2 Å². The Balaban J connectivity index is 0.00000361. The van der Waals surface area contributed by atoms with Gasteiger partial charge in [0.25, 0.3) is 0 Å². The van der Waals surface area contributed by atoms with Crippen LogP contribution in [0.15, 0.2) is 24.3 Å². The molecule has 0 radical (unpaired) electrons. The van der Waals surface area contributed by atoms with E-state index < -0.39 is 6.04 Å². The zero-order chi connectivity index (χ0) is 14.4. The first-order chi connectivity index (χ1) is 8.95. The van der Waals surface area contributed by atoms with E-state index in [4.69, 9.17) is 10.5 Å². The normalized spacial score (nSPS) is 13.5. The van der Waals surface area contributed by atoms with E-state index in [9.17, 15) is 4.79 Å². The lowest BCUT2D eigenvalue weighted by Crippen LogP contribution is -2.40. The van der Waals surface area contributed by atoms with Crippen LogP contribution < -0.4 is 11.1 Å². The number of halogens is 1. The molecule has 2 unspecified atom stereocenters. The number of hydrogen-bond donors (Lipinski definition) is 2. The second-order valence-electron chi connectivity index (χ2n) is 5.15. The summed E-state index contributed by atoms with van der Waals surface area (Å²) in [4.78, 5) is 12.0. The van der Waals surface area contributed by atoms with Gasteiger partial charge in [0.2, 0.25) is 5.91 Å². The highest BCUT2D eigenvalue weighted by atomic mass is 35.5. The maximum atomic E-state index is 12.0. The van der Waals surface area contributed by atoms with E-state index in [1.165, 1.54) is 0 Å². The standard InChI is InChI=1S/C15H24N2O2.ClH/c1-10(2)13(19-4)9-17-15(18)14(16)12-7-5-11(3)6-8-12;/h5-8,10,13-14H,9,16H2,1-4H3,(H,17,18);1H. The molecule has 1 aromatic carbocycles. The molecule has 0 bridgehead atoms. The molecule has 0 aliphatic heterocycles. The lowest BCUT2D eigenvalue weighted by atomic mass is 10.0. The van der Waals surface area contributed by atoms with Crippen molar-refractivity contribution in [2.24, 2.45) is 11.7 Å². The molecule has 20 heavy (non-hydrogen) atoms. The van der Waals surface area contributed by atoms with Crippen LogP contribution in [0.5, 0.6) is 0 Å². The highest BCUT2D eigenvalue weighted by molar-refractivity contribution is 5.85. The smallest absolute Gasteiger partial charge is 0.241 e. The zero-order valence-corrected chi connectivity index (χ0v) is 13.4. The van der Waals surface area contributed by atoms with Gasteiger partial charge >= 0.3 is 0 Å². The largest absolute Gasteiger partial charge is 0.379 e. The fourth-order valence-corrected chi connectivity index (χ4v) is 1.83. The summed E-state index contributed by atoms with van der Waals surface area (Å²) in [5, 5.41) is 2.84. The van der Waals surface area contributed by atoms with Gasteiger partial charge in [0, 0.05) is 13.7 Å². The molecule has 1 amide bonds. The summed E-state index contributed by atoms with van der Waals surface area (Å²) in [7, 11) is 1.65. The first-order valence-corrected chi connectivity index (χ1v) is 6.58. The van der Waals surface area contributed by atoms with Crippen molar-refractivity contribution in [1.82, 2.24) is 5.32 Å². The summed E-state index contributed by atoms with van der Waals surface area (Å²) in [6, 6.07) is 7.04. The van der Waals surface area contributed by atoms with Crippen molar-refractivity contribution >= 4 is 18.3 Å². The van der Waals surface area contributed by atoms with Crippen molar-refractivity contribution in [2.45, 2.75) is 32.9 Å². The molecule has 0 heterocycles. The van der Waals surface area contributed by atoms with Crippen LogP contribution in [-0.2, 0) is 9.53 Å². The van der Waals surface area contributed by atoms with Gasteiger partial charge in [0.1, 0.15) is 6.04 Å². The van der Waals surface area contributed by atoms with Crippen molar-refractivity contribution in [2.75, 3.05) is 13.7 Å². The van der Waals surface area contributed by atoms with Crippen LogP contribution in [0.25, 0.3) is 0 Å². The number of rotatable bonds is 6. The molecule has 2 atom stereocenters. The summed E-state index contributed by atoms with van der Waals surface area (Å²) in [5.74, 6) is 0.174. The Labute approximate surface area is 127 Å². The van der Waals surface area contributed by atoms with Gasteiger partial charge < -0.3 is 15.8 Å². The molecule has 1 rings (SSSR count). The number of nitrogens with two attached hydrogens (primary N) is 1. The topological polar surface area (TPSA) is 64.3 Å². The number of ether oxygens (including phenoxy) is 1. The predicted molar refractivity (Wildman–Crippen MR) is 84.0 cm³/mol. The molecule has 0 saturated heterocycles. The molecule has 0 aliphatic rings. The van der Waals surface area contributed by atoms with Gasteiger partial charge in [-0.3, -0.25) is 4.79 Å².